The molecule has 0 aromatic heterocycles. The largest absolute Gasteiger partial charge is 0.502 e. The highest BCUT2D eigenvalue weighted by Gasteiger charge is 2.40. The number of nitro benzene ring substituents is 1. The topological polar surface area (TPSA) is 149 Å². The van der Waals surface area contributed by atoms with E-state index in [-0.39, 0.29) is 23.5 Å². The Balaban J connectivity index is 2.83. The first-order chi connectivity index (χ1) is 12.2. The van der Waals surface area contributed by atoms with Gasteiger partial charge < -0.3 is 20.3 Å². The van der Waals surface area contributed by atoms with E-state index in [1.54, 1.807) is 6.07 Å². The second-order valence-electron chi connectivity index (χ2n) is 5.20. The lowest BCUT2D eigenvalue weighted by Gasteiger charge is -2.27. The number of phenols is 1. The van der Waals surface area contributed by atoms with Crippen molar-refractivity contribution >= 4 is 11.7 Å². The number of rotatable bonds is 4. The smallest absolute Gasteiger partial charge is 0.338 e. The van der Waals surface area contributed by atoms with Gasteiger partial charge in [-0.2, -0.15) is 5.26 Å². The molecule has 1 aliphatic rings. The number of esters is 1. The lowest BCUT2D eigenvalue weighted by atomic mass is 9.82. The van der Waals surface area contributed by atoms with E-state index in [9.17, 15) is 29.7 Å². The van der Waals surface area contributed by atoms with Gasteiger partial charge in [0.25, 0.3) is 0 Å². The fraction of sp³-hybridized carbons (Fsp3) is 0.250. The van der Waals surface area contributed by atoms with Crippen molar-refractivity contribution in [2.75, 3.05) is 6.61 Å². The number of nitrogens with zero attached hydrogens (tertiary/aromatic N) is 2. The van der Waals surface area contributed by atoms with E-state index >= 15 is 0 Å². The van der Waals surface area contributed by atoms with E-state index in [1.165, 1.54) is 13.8 Å². The summed E-state index contributed by atoms with van der Waals surface area (Å²) < 4.78 is 24.5. The van der Waals surface area contributed by atoms with E-state index in [2.05, 4.69) is 0 Å². The summed E-state index contributed by atoms with van der Waals surface area (Å²) in [4.78, 5) is 22.5. The summed E-state index contributed by atoms with van der Waals surface area (Å²) in [5, 5.41) is 30.7. The van der Waals surface area contributed by atoms with Crippen molar-refractivity contribution < 1.29 is 28.7 Å². The van der Waals surface area contributed by atoms with Gasteiger partial charge >= 0.3 is 11.7 Å². The molecule has 0 spiro atoms. The fourth-order valence-corrected chi connectivity index (χ4v) is 2.64. The van der Waals surface area contributed by atoms with Crippen molar-refractivity contribution in [2.24, 2.45) is 5.73 Å². The Labute approximate surface area is 146 Å². The van der Waals surface area contributed by atoms with Gasteiger partial charge in [0.05, 0.1) is 28.6 Å². The molecule has 9 nitrogen and oxygen atoms in total. The number of aromatic hydroxyl groups is 1. The Morgan fingerprint density at radius 1 is 1.58 bits per heavy atom. The number of nitrogens with two attached hydrogens (primary N) is 1. The van der Waals surface area contributed by atoms with Crippen LogP contribution in [0.1, 0.15) is 25.3 Å². The predicted molar refractivity (Wildman–Crippen MR) is 84.7 cm³/mol. The first kappa shape index (κ1) is 18.7. The minimum absolute atomic E-state index is 0.0210. The zero-order valence-corrected chi connectivity index (χ0v) is 13.8. The van der Waals surface area contributed by atoms with E-state index in [4.69, 9.17) is 15.2 Å². The molecule has 1 aromatic carbocycles. The second-order valence-corrected chi connectivity index (χ2v) is 5.20. The minimum atomic E-state index is -1.52. The molecule has 136 valence electrons. The van der Waals surface area contributed by atoms with Crippen molar-refractivity contribution in [2.45, 2.75) is 19.8 Å². The van der Waals surface area contributed by atoms with Crippen LogP contribution in [0, 0.1) is 27.3 Å². The van der Waals surface area contributed by atoms with Crippen molar-refractivity contribution in [1.29, 1.82) is 5.26 Å². The van der Waals surface area contributed by atoms with Gasteiger partial charge in [0.15, 0.2) is 0 Å². The van der Waals surface area contributed by atoms with Crippen molar-refractivity contribution in [3.63, 3.8) is 0 Å². The molecule has 0 bridgehead atoms. The molecule has 0 fully saturated rings. The van der Waals surface area contributed by atoms with Crippen LogP contribution in [-0.4, -0.2) is 22.6 Å². The molecular formula is C16H14FN3O6. The normalized spacial score (nSPS) is 16.8. The van der Waals surface area contributed by atoms with E-state index in [1.807, 2.05) is 0 Å². The standard InChI is InChI=1S/C16H14FN3O6/c1-3-25-16(22)11-7(2)26-15(19)8(6-18)12(11)13-9(17)4-5-10(14(13)21)20(23)24/h4-5,12,21H,3,19H2,1-2H3. The highest BCUT2D eigenvalue weighted by Crippen LogP contribution is 2.46. The van der Waals surface area contributed by atoms with Gasteiger partial charge in [0.2, 0.25) is 11.6 Å². The zero-order chi connectivity index (χ0) is 19.6. The molecular weight excluding hydrogens is 349 g/mol. The average Bonchev–Trinajstić information content (AvgIpc) is 2.54. The molecule has 26 heavy (non-hydrogen) atoms. The third kappa shape index (κ3) is 3.02. The van der Waals surface area contributed by atoms with Gasteiger partial charge in [-0.15, -0.1) is 0 Å². The molecule has 2 rings (SSSR count). The molecule has 0 saturated carbocycles. The van der Waals surface area contributed by atoms with Crippen LogP contribution < -0.4 is 5.73 Å². The summed E-state index contributed by atoms with van der Waals surface area (Å²) in [6.07, 6.45) is 0. The van der Waals surface area contributed by atoms with Gasteiger partial charge in [-0.05, 0) is 19.9 Å². The van der Waals surface area contributed by atoms with Crippen LogP contribution in [0.5, 0.6) is 5.75 Å². The minimum Gasteiger partial charge on any atom is -0.502 e. The van der Waals surface area contributed by atoms with Gasteiger partial charge in [0, 0.05) is 6.07 Å². The van der Waals surface area contributed by atoms with Crippen LogP contribution in [0.2, 0.25) is 0 Å². The van der Waals surface area contributed by atoms with Gasteiger partial charge in [-0.1, -0.05) is 0 Å². The number of carbonyl (C=O) groups excluding carboxylic acids is 1. The third-order valence-corrected chi connectivity index (χ3v) is 3.73. The number of allylic oxidation sites excluding steroid dienone is 2. The number of phenolic OH excluding ortho intramolecular Hbond substituents is 1. The van der Waals surface area contributed by atoms with Crippen molar-refractivity contribution in [1.82, 2.24) is 0 Å². The Morgan fingerprint density at radius 3 is 2.77 bits per heavy atom. The molecule has 1 atom stereocenters. The molecule has 1 heterocycles. The first-order valence-electron chi connectivity index (χ1n) is 7.35. The average molecular weight is 363 g/mol. The quantitative estimate of drug-likeness (QED) is 0.469. The first-order valence-corrected chi connectivity index (χ1v) is 7.35. The number of ether oxygens (including phenoxy) is 2. The van der Waals surface area contributed by atoms with Crippen LogP contribution in [0.3, 0.4) is 0 Å². The predicted octanol–water partition coefficient (Wildman–Crippen LogP) is 2.08. The van der Waals surface area contributed by atoms with Gasteiger partial charge in [-0.3, -0.25) is 10.1 Å². The number of nitro groups is 1. The number of halogens is 1. The molecule has 1 aliphatic heterocycles. The van der Waals surface area contributed by atoms with Gasteiger partial charge in [0.1, 0.15) is 23.2 Å². The Morgan fingerprint density at radius 2 is 2.23 bits per heavy atom. The van der Waals surface area contributed by atoms with Crippen molar-refractivity contribution in [3.05, 3.63) is 56.4 Å². The Kier molecular flexibility index (Phi) is 5.11. The third-order valence-electron chi connectivity index (χ3n) is 3.73. The molecule has 3 N–H and O–H groups in total. The molecule has 0 radical (unpaired) electrons. The summed E-state index contributed by atoms with van der Waals surface area (Å²) in [5.41, 5.74) is 3.56. The van der Waals surface area contributed by atoms with E-state index in [0.29, 0.717) is 0 Å². The van der Waals surface area contributed by atoms with Crippen molar-refractivity contribution in [3.8, 4) is 11.8 Å². The molecule has 10 heteroatoms. The summed E-state index contributed by atoms with van der Waals surface area (Å²) in [7, 11) is 0. The molecule has 0 aliphatic carbocycles. The molecule has 1 unspecified atom stereocenters. The van der Waals surface area contributed by atoms with Crippen LogP contribution in [-0.2, 0) is 14.3 Å². The lowest BCUT2D eigenvalue weighted by Crippen LogP contribution is -2.26. The Bertz CT molecular complexity index is 900. The van der Waals surface area contributed by atoms with Crippen LogP contribution >= 0.6 is 0 Å². The maximum absolute atomic E-state index is 14.5. The number of nitriles is 1. The van der Waals surface area contributed by atoms with Crippen LogP contribution in [0.25, 0.3) is 0 Å². The summed E-state index contributed by atoms with van der Waals surface area (Å²) in [5.74, 6) is -5.01. The lowest BCUT2D eigenvalue weighted by molar-refractivity contribution is -0.386. The number of carbonyl (C=O) groups is 1. The number of hydrogen-bond acceptors (Lipinski definition) is 8. The molecule has 0 saturated heterocycles. The summed E-state index contributed by atoms with van der Waals surface area (Å²) >= 11 is 0. The molecule has 0 amide bonds. The van der Waals surface area contributed by atoms with E-state index < -0.39 is 45.5 Å². The SMILES string of the molecule is CCOC(=O)C1=C(C)OC(N)=C(C#N)C1c1c(F)ccc([N+](=O)[O-])c1O. The maximum Gasteiger partial charge on any atom is 0.338 e. The number of hydrogen-bond donors (Lipinski definition) is 2. The zero-order valence-electron chi connectivity index (χ0n) is 13.8. The summed E-state index contributed by atoms with van der Waals surface area (Å²) in [6.45, 7) is 2.85. The van der Waals surface area contributed by atoms with Crippen LogP contribution in [0.4, 0.5) is 10.1 Å². The van der Waals surface area contributed by atoms with Crippen LogP contribution in [0.15, 0.2) is 34.9 Å². The van der Waals surface area contributed by atoms with Gasteiger partial charge in [-0.25, -0.2) is 9.18 Å². The fourth-order valence-electron chi connectivity index (χ4n) is 2.64. The maximum atomic E-state index is 14.5. The highest BCUT2D eigenvalue weighted by atomic mass is 19.1. The summed E-state index contributed by atoms with van der Waals surface area (Å²) in [6, 6.07) is 3.22. The van der Waals surface area contributed by atoms with E-state index in [0.717, 1.165) is 12.1 Å². The monoisotopic (exact) mass is 363 g/mol. The number of benzene rings is 1. The highest BCUT2D eigenvalue weighted by molar-refractivity contribution is 5.93. The second kappa shape index (κ2) is 7.10. The Hall–Kier alpha value is -3.61. The molecule has 1 aromatic rings.